The first-order valence-corrected chi connectivity index (χ1v) is 7.45. The quantitative estimate of drug-likeness (QED) is 0.673. The highest BCUT2D eigenvalue weighted by Gasteiger charge is 2.32. The van der Waals surface area contributed by atoms with E-state index in [-0.39, 0.29) is 16.3 Å². The van der Waals surface area contributed by atoms with Crippen LogP contribution in [0.5, 0.6) is 11.5 Å². The van der Waals surface area contributed by atoms with Gasteiger partial charge in [-0.05, 0) is 59.8 Å². The Kier molecular flexibility index (Phi) is 5.18. The van der Waals surface area contributed by atoms with E-state index in [4.69, 9.17) is 4.74 Å². The average Bonchev–Trinajstić information content (AvgIpc) is 2.60. The van der Waals surface area contributed by atoms with E-state index in [1.807, 2.05) is 0 Å². The summed E-state index contributed by atoms with van der Waals surface area (Å²) in [6.45, 7) is 0. The molecule has 0 amide bonds. The SMILES string of the molecule is FC(F)(F)Oc1ccc(OC2CCCCCC2)cc1Br. The number of hydrogen-bond acceptors (Lipinski definition) is 2. The van der Waals surface area contributed by atoms with Crippen LogP contribution in [0, 0.1) is 0 Å². The molecule has 0 bridgehead atoms. The lowest BCUT2D eigenvalue weighted by Crippen LogP contribution is -2.18. The fourth-order valence-electron chi connectivity index (χ4n) is 2.31. The van der Waals surface area contributed by atoms with Crippen molar-refractivity contribution in [1.29, 1.82) is 0 Å². The zero-order valence-corrected chi connectivity index (χ0v) is 12.5. The molecular weight excluding hydrogens is 337 g/mol. The second-order valence-electron chi connectivity index (χ2n) is 4.87. The Morgan fingerprint density at radius 3 is 2.25 bits per heavy atom. The van der Waals surface area contributed by atoms with E-state index < -0.39 is 6.36 Å². The summed E-state index contributed by atoms with van der Waals surface area (Å²) in [5.74, 6) is 0.309. The summed E-state index contributed by atoms with van der Waals surface area (Å²) in [6, 6.07) is 4.30. The molecule has 0 atom stereocenters. The van der Waals surface area contributed by atoms with Gasteiger partial charge in [-0.2, -0.15) is 0 Å². The molecule has 0 saturated heterocycles. The fourth-order valence-corrected chi connectivity index (χ4v) is 2.75. The number of rotatable bonds is 3. The number of ether oxygens (including phenoxy) is 2. The summed E-state index contributed by atoms with van der Waals surface area (Å²) < 4.78 is 46.5. The van der Waals surface area contributed by atoms with Crippen LogP contribution < -0.4 is 9.47 Å². The summed E-state index contributed by atoms with van der Waals surface area (Å²) in [5, 5.41) is 0. The highest BCUT2D eigenvalue weighted by molar-refractivity contribution is 9.10. The van der Waals surface area contributed by atoms with E-state index in [0.717, 1.165) is 25.7 Å². The Morgan fingerprint density at radius 2 is 1.70 bits per heavy atom. The number of alkyl halides is 3. The van der Waals surface area contributed by atoms with Crippen molar-refractivity contribution in [3.05, 3.63) is 22.7 Å². The lowest BCUT2D eigenvalue weighted by atomic mass is 10.1. The van der Waals surface area contributed by atoms with Crippen molar-refractivity contribution >= 4 is 15.9 Å². The number of benzene rings is 1. The molecule has 0 aromatic heterocycles. The average molecular weight is 353 g/mol. The third kappa shape index (κ3) is 4.89. The van der Waals surface area contributed by atoms with Gasteiger partial charge in [0.1, 0.15) is 11.5 Å². The van der Waals surface area contributed by atoms with Crippen LogP contribution in [-0.2, 0) is 0 Å². The molecule has 1 fully saturated rings. The maximum absolute atomic E-state index is 12.2. The Bertz CT molecular complexity index is 441. The maximum atomic E-state index is 12.2. The molecule has 2 nitrogen and oxygen atoms in total. The Balaban J connectivity index is 2.01. The second kappa shape index (κ2) is 6.70. The van der Waals surface area contributed by atoms with Crippen molar-refractivity contribution in [2.24, 2.45) is 0 Å². The van der Waals surface area contributed by atoms with Gasteiger partial charge in [-0.25, -0.2) is 0 Å². The van der Waals surface area contributed by atoms with Crippen LogP contribution in [-0.4, -0.2) is 12.5 Å². The van der Waals surface area contributed by atoms with E-state index in [0.29, 0.717) is 5.75 Å². The molecular formula is C14H16BrF3O2. The first-order chi connectivity index (χ1) is 9.44. The standard InChI is InChI=1S/C14H16BrF3O2/c15-12-9-11(7-8-13(12)20-14(16,17)18)19-10-5-3-1-2-4-6-10/h7-10H,1-6H2. The van der Waals surface area contributed by atoms with Crippen LogP contribution in [0.4, 0.5) is 13.2 Å². The van der Waals surface area contributed by atoms with Gasteiger partial charge in [0.25, 0.3) is 0 Å². The normalized spacial score (nSPS) is 17.6. The van der Waals surface area contributed by atoms with E-state index in [9.17, 15) is 13.2 Å². The van der Waals surface area contributed by atoms with E-state index in [2.05, 4.69) is 20.7 Å². The molecule has 0 unspecified atom stereocenters. The molecule has 112 valence electrons. The second-order valence-corrected chi connectivity index (χ2v) is 5.73. The van der Waals surface area contributed by atoms with Crippen LogP contribution in [0.25, 0.3) is 0 Å². The van der Waals surface area contributed by atoms with Gasteiger partial charge in [0, 0.05) is 0 Å². The predicted octanol–water partition coefficient (Wildman–Crippen LogP) is 5.45. The van der Waals surface area contributed by atoms with Gasteiger partial charge in [0.2, 0.25) is 0 Å². The predicted molar refractivity (Wildman–Crippen MR) is 72.9 cm³/mol. The van der Waals surface area contributed by atoms with Crippen molar-refractivity contribution in [3.63, 3.8) is 0 Å². The molecule has 0 aliphatic heterocycles. The van der Waals surface area contributed by atoms with Gasteiger partial charge in [-0.15, -0.1) is 13.2 Å². The molecule has 0 radical (unpaired) electrons. The van der Waals surface area contributed by atoms with Gasteiger partial charge >= 0.3 is 6.36 Å². The van der Waals surface area contributed by atoms with Crippen LogP contribution >= 0.6 is 15.9 Å². The third-order valence-corrected chi connectivity index (χ3v) is 3.85. The van der Waals surface area contributed by atoms with Crippen molar-refractivity contribution < 1.29 is 22.6 Å². The molecule has 1 aliphatic rings. The highest BCUT2D eigenvalue weighted by Crippen LogP contribution is 2.34. The summed E-state index contributed by atoms with van der Waals surface area (Å²) >= 11 is 3.08. The molecule has 0 heterocycles. The van der Waals surface area contributed by atoms with Crippen molar-refractivity contribution in [1.82, 2.24) is 0 Å². The number of halogens is 4. The molecule has 0 N–H and O–H groups in total. The van der Waals surface area contributed by atoms with Crippen LogP contribution in [0.3, 0.4) is 0 Å². The zero-order valence-electron chi connectivity index (χ0n) is 10.9. The van der Waals surface area contributed by atoms with Crippen LogP contribution in [0.2, 0.25) is 0 Å². The Hall–Kier alpha value is -0.910. The minimum atomic E-state index is -4.69. The van der Waals surface area contributed by atoms with Gasteiger partial charge in [-0.3, -0.25) is 0 Å². The smallest absolute Gasteiger partial charge is 0.490 e. The van der Waals surface area contributed by atoms with Crippen LogP contribution in [0.1, 0.15) is 38.5 Å². The molecule has 6 heteroatoms. The summed E-state index contributed by atoms with van der Waals surface area (Å²) in [7, 11) is 0. The third-order valence-electron chi connectivity index (χ3n) is 3.23. The van der Waals surface area contributed by atoms with Crippen molar-refractivity contribution in [2.45, 2.75) is 51.0 Å². The topological polar surface area (TPSA) is 18.5 Å². The molecule has 0 spiro atoms. The van der Waals surface area contributed by atoms with Crippen molar-refractivity contribution in [2.75, 3.05) is 0 Å². The number of hydrogen-bond donors (Lipinski definition) is 0. The first-order valence-electron chi connectivity index (χ1n) is 6.66. The Labute approximate surface area is 124 Å². The zero-order chi connectivity index (χ0) is 14.6. The lowest BCUT2D eigenvalue weighted by Gasteiger charge is -2.18. The van der Waals surface area contributed by atoms with Gasteiger partial charge in [0.15, 0.2) is 0 Å². The van der Waals surface area contributed by atoms with Crippen molar-refractivity contribution in [3.8, 4) is 11.5 Å². The van der Waals surface area contributed by atoms with E-state index in [1.54, 1.807) is 0 Å². The largest absolute Gasteiger partial charge is 0.573 e. The van der Waals surface area contributed by atoms with Gasteiger partial charge in [0.05, 0.1) is 10.6 Å². The molecule has 2 rings (SSSR count). The molecule has 1 aromatic rings. The summed E-state index contributed by atoms with van der Waals surface area (Å²) in [6.07, 6.45) is 2.19. The molecule has 1 aromatic carbocycles. The van der Waals surface area contributed by atoms with Gasteiger partial charge < -0.3 is 9.47 Å². The maximum Gasteiger partial charge on any atom is 0.573 e. The monoisotopic (exact) mass is 352 g/mol. The summed E-state index contributed by atoms with van der Waals surface area (Å²) in [4.78, 5) is 0. The highest BCUT2D eigenvalue weighted by atomic mass is 79.9. The minimum Gasteiger partial charge on any atom is -0.490 e. The van der Waals surface area contributed by atoms with E-state index >= 15 is 0 Å². The minimum absolute atomic E-state index is 0.152. The van der Waals surface area contributed by atoms with Gasteiger partial charge in [-0.1, -0.05) is 12.8 Å². The molecule has 1 aliphatic carbocycles. The van der Waals surface area contributed by atoms with E-state index in [1.165, 1.54) is 31.0 Å². The fraction of sp³-hybridized carbons (Fsp3) is 0.571. The molecule has 1 saturated carbocycles. The first kappa shape index (κ1) is 15.5. The molecule has 20 heavy (non-hydrogen) atoms. The Morgan fingerprint density at radius 1 is 1.05 bits per heavy atom. The lowest BCUT2D eigenvalue weighted by molar-refractivity contribution is -0.274. The van der Waals surface area contributed by atoms with Crippen LogP contribution in [0.15, 0.2) is 22.7 Å². The summed E-state index contributed by atoms with van der Waals surface area (Å²) in [5.41, 5.74) is 0.